The Labute approximate surface area is 177 Å². The minimum Gasteiger partial charge on any atom is -0.0622 e. The van der Waals surface area contributed by atoms with Gasteiger partial charge in [0.25, 0.3) is 0 Å². The highest BCUT2D eigenvalue weighted by Crippen LogP contribution is 2.44. The zero-order valence-corrected chi connectivity index (χ0v) is 16.5. The molecular weight excluding hydrogens is 360 g/mol. The van der Waals surface area contributed by atoms with Gasteiger partial charge in [-0.1, -0.05) is 121 Å². The quantitative estimate of drug-likeness (QED) is 0.264. The molecule has 6 aromatic carbocycles. The summed E-state index contributed by atoms with van der Waals surface area (Å²) in [5.74, 6) is 0. The van der Waals surface area contributed by atoms with Crippen LogP contribution in [0.3, 0.4) is 0 Å². The molecule has 0 aliphatic carbocycles. The second-order valence-corrected chi connectivity index (χ2v) is 7.65. The molecule has 6 aromatic rings. The van der Waals surface area contributed by atoms with Crippen molar-refractivity contribution in [3.05, 3.63) is 121 Å². The molecule has 0 saturated carbocycles. The smallest absolute Gasteiger partial charge is 0.0622 e. The van der Waals surface area contributed by atoms with E-state index in [9.17, 15) is 0 Å². The summed E-state index contributed by atoms with van der Waals surface area (Å²) in [6.07, 6.45) is 0. The molecule has 30 heavy (non-hydrogen) atoms. The van der Waals surface area contributed by atoms with Crippen molar-refractivity contribution in [1.29, 1.82) is 0 Å². The fourth-order valence-corrected chi connectivity index (χ4v) is 4.69. The Morgan fingerprint density at radius 1 is 0.400 bits per heavy atom. The van der Waals surface area contributed by atoms with Crippen LogP contribution < -0.4 is 0 Å². The maximum atomic E-state index is 8.90. The molecule has 0 aliphatic heterocycles. The molecule has 0 fully saturated rings. The van der Waals surface area contributed by atoms with Crippen molar-refractivity contribution in [2.75, 3.05) is 0 Å². The van der Waals surface area contributed by atoms with Crippen LogP contribution in [0, 0.1) is 0 Å². The van der Waals surface area contributed by atoms with Crippen molar-refractivity contribution in [3.8, 4) is 22.3 Å². The highest BCUT2D eigenvalue weighted by molar-refractivity contribution is 6.23. The molecule has 0 spiro atoms. The van der Waals surface area contributed by atoms with E-state index in [1.54, 1.807) is 0 Å². The monoisotopic (exact) mass is 381 g/mol. The molecule has 0 amide bonds. The Morgan fingerprint density at radius 2 is 0.967 bits per heavy atom. The molecule has 0 saturated heterocycles. The zero-order chi connectivity index (χ0) is 20.8. The summed E-state index contributed by atoms with van der Waals surface area (Å²) >= 11 is 0. The highest BCUT2D eigenvalue weighted by Gasteiger charge is 2.17. The molecule has 0 bridgehead atoms. The standard InChI is InChI=1S/C30H20/c1-2-12-22(13-3-1)29-25-16-6-8-18-27(25)30(28-19-9-7-17-26(28)29)24-20-10-14-21-11-4-5-15-23(21)24/h1-20H/i18D. The number of rotatable bonds is 2. The molecule has 0 heterocycles. The minimum absolute atomic E-state index is 0.559. The van der Waals surface area contributed by atoms with Gasteiger partial charge < -0.3 is 0 Å². The molecule has 0 heteroatoms. The Bertz CT molecular complexity index is 1570. The molecule has 0 radical (unpaired) electrons. The van der Waals surface area contributed by atoms with Gasteiger partial charge in [0.05, 0.1) is 1.37 Å². The summed E-state index contributed by atoms with van der Waals surface area (Å²) in [7, 11) is 0. The van der Waals surface area contributed by atoms with E-state index in [1.165, 1.54) is 38.2 Å². The van der Waals surface area contributed by atoms with Crippen molar-refractivity contribution < 1.29 is 1.37 Å². The highest BCUT2D eigenvalue weighted by atomic mass is 14.2. The topological polar surface area (TPSA) is 0 Å². The van der Waals surface area contributed by atoms with Gasteiger partial charge in [0, 0.05) is 0 Å². The van der Waals surface area contributed by atoms with Crippen LogP contribution in [0.5, 0.6) is 0 Å². The molecule has 0 aromatic heterocycles. The summed E-state index contributed by atoms with van der Waals surface area (Å²) in [5.41, 5.74) is 4.70. The van der Waals surface area contributed by atoms with E-state index in [0.717, 1.165) is 16.3 Å². The van der Waals surface area contributed by atoms with Crippen LogP contribution in [0.4, 0.5) is 0 Å². The Morgan fingerprint density at radius 3 is 1.77 bits per heavy atom. The van der Waals surface area contributed by atoms with Crippen LogP contribution in [-0.2, 0) is 0 Å². The zero-order valence-electron chi connectivity index (χ0n) is 17.5. The number of benzene rings is 6. The lowest BCUT2D eigenvalue weighted by Crippen LogP contribution is -1.91. The van der Waals surface area contributed by atoms with Crippen LogP contribution in [0.25, 0.3) is 54.6 Å². The van der Waals surface area contributed by atoms with Crippen LogP contribution in [0.2, 0.25) is 0 Å². The molecule has 0 aliphatic rings. The lowest BCUT2D eigenvalue weighted by atomic mass is 9.85. The van der Waals surface area contributed by atoms with Crippen molar-refractivity contribution in [1.82, 2.24) is 0 Å². The van der Waals surface area contributed by atoms with E-state index in [4.69, 9.17) is 1.37 Å². The molecule has 0 N–H and O–H groups in total. The Kier molecular flexibility index (Phi) is 3.65. The van der Waals surface area contributed by atoms with E-state index in [0.29, 0.717) is 6.04 Å². The van der Waals surface area contributed by atoms with Gasteiger partial charge in [0.2, 0.25) is 0 Å². The van der Waals surface area contributed by atoms with Crippen LogP contribution >= 0.6 is 0 Å². The van der Waals surface area contributed by atoms with Gasteiger partial charge in [-0.3, -0.25) is 0 Å². The lowest BCUT2D eigenvalue weighted by Gasteiger charge is -2.18. The molecule has 6 rings (SSSR count). The molecule has 140 valence electrons. The van der Waals surface area contributed by atoms with Crippen molar-refractivity contribution >= 4 is 32.3 Å². The number of hydrogen-bond donors (Lipinski definition) is 0. The largest absolute Gasteiger partial charge is 0.0629 e. The Balaban J connectivity index is 1.88. The summed E-state index contributed by atoms with van der Waals surface area (Å²) in [6, 6.07) is 40.8. The number of fused-ring (bicyclic) bond motifs is 3. The average molecular weight is 381 g/mol. The summed E-state index contributed by atoms with van der Waals surface area (Å²) < 4.78 is 8.90. The molecule has 0 unspecified atom stereocenters. The molecular formula is C30H20. The van der Waals surface area contributed by atoms with Gasteiger partial charge in [0.15, 0.2) is 0 Å². The fourth-order valence-electron chi connectivity index (χ4n) is 4.69. The maximum Gasteiger partial charge on any atom is 0.0629 e. The molecule has 0 nitrogen and oxygen atoms in total. The first-order valence-corrected chi connectivity index (χ1v) is 10.3. The second kappa shape index (κ2) is 6.86. The molecule has 0 atom stereocenters. The minimum atomic E-state index is 0.559. The summed E-state index contributed by atoms with van der Waals surface area (Å²) in [6.45, 7) is 0. The first kappa shape index (κ1) is 16.0. The van der Waals surface area contributed by atoms with Gasteiger partial charge >= 0.3 is 0 Å². The van der Waals surface area contributed by atoms with E-state index < -0.39 is 0 Å². The number of hydrogen-bond acceptors (Lipinski definition) is 0. The van der Waals surface area contributed by atoms with Gasteiger partial charge in [0.1, 0.15) is 0 Å². The van der Waals surface area contributed by atoms with E-state index in [2.05, 4.69) is 97.1 Å². The predicted molar refractivity (Wildman–Crippen MR) is 130 cm³/mol. The fraction of sp³-hybridized carbons (Fsp3) is 0. The van der Waals surface area contributed by atoms with Gasteiger partial charge in [-0.25, -0.2) is 0 Å². The summed E-state index contributed by atoms with van der Waals surface area (Å²) in [5, 5.41) is 6.97. The normalized spacial score (nSPS) is 11.8. The second-order valence-electron chi connectivity index (χ2n) is 7.65. The van der Waals surface area contributed by atoms with Crippen LogP contribution in [0.15, 0.2) is 121 Å². The lowest BCUT2D eigenvalue weighted by molar-refractivity contribution is 1.66. The van der Waals surface area contributed by atoms with Crippen molar-refractivity contribution in [2.24, 2.45) is 0 Å². The first-order valence-electron chi connectivity index (χ1n) is 10.8. The third kappa shape index (κ3) is 2.54. The SMILES string of the molecule is [2H]c1cccc2c(-c3ccccc3)c3ccccc3c(-c3cccc4ccccc34)c12. The van der Waals surface area contributed by atoms with Crippen LogP contribution in [0.1, 0.15) is 1.37 Å². The van der Waals surface area contributed by atoms with Gasteiger partial charge in [-0.2, -0.15) is 0 Å². The first-order chi connectivity index (χ1) is 15.3. The van der Waals surface area contributed by atoms with E-state index >= 15 is 0 Å². The van der Waals surface area contributed by atoms with Crippen molar-refractivity contribution in [3.63, 3.8) is 0 Å². The van der Waals surface area contributed by atoms with Gasteiger partial charge in [-0.15, -0.1) is 0 Å². The van der Waals surface area contributed by atoms with E-state index in [-0.39, 0.29) is 0 Å². The third-order valence-electron chi connectivity index (χ3n) is 5.96. The maximum absolute atomic E-state index is 8.90. The summed E-state index contributed by atoms with van der Waals surface area (Å²) in [4.78, 5) is 0. The van der Waals surface area contributed by atoms with Gasteiger partial charge in [-0.05, 0) is 54.6 Å². The van der Waals surface area contributed by atoms with Crippen molar-refractivity contribution in [2.45, 2.75) is 0 Å². The predicted octanol–water partition coefficient (Wildman–Crippen LogP) is 8.48. The third-order valence-corrected chi connectivity index (χ3v) is 5.96. The van der Waals surface area contributed by atoms with Crippen LogP contribution in [-0.4, -0.2) is 0 Å². The average Bonchev–Trinajstić information content (AvgIpc) is 2.83. The van der Waals surface area contributed by atoms with E-state index in [1.807, 2.05) is 18.2 Å². The Hall–Kier alpha value is -3.90.